The molecule has 0 aliphatic heterocycles. The molecule has 0 aromatic rings. The van der Waals surface area contributed by atoms with Crippen LogP contribution in [0, 0.1) is 59.2 Å². The van der Waals surface area contributed by atoms with Gasteiger partial charge in [-0.2, -0.15) is 0 Å². The van der Waals surface area contributed by atoms with Gasteiger partial charge in [-0.25, -0.2) is 0 Å². The van der Waals surface area contributed by atoms with Crippen LogP contribution in [0.15, 0.2) is 0 Å². The predicted octanol–water partition coefficient (Wildman–Crippen LogP) is 10.9. The molecule has 3 saturated carbocycles. The van der Waals surface area contributed by atoms with Crippen LogP contribution in [0.25, 0.3) is 0 Å². The summed E-state index contributed by atoms with van der Waals surface area (Å²) in [6.07, 6.45) is 28.1. The Labute approximate surface area is 209 Å². The first-order chi connectivity index (χ1) is 15.8. The highest BCUT2D eigenvalue weighted by Gasteiger charge is 2.38. The van der Waals surface area contributed by atoms with Gasteiger partial charge < -0.3 is 0 Å². The Morgan fingerprint density at radius 3 is 1.45 bits per heavy atom. The minimum absolute atomic E-state index is 0.528. The van der Waals surface area contributed by atoms with E-state index < -0.39 is 0 Å². The maximum atomic E-state index is 2.70. The van der Waals surface area contributed by atoms with Crippen LogP contribution in [-0.4, -0.2) is 0 Å². The van der Waals surface area contributed by atoms with Crippen molar-refractivity contribution in [2.24, 2.45) is 52.8 Å². The zero-order valence-electron chi connectivity index (χ0n) is 23.7. The Kier molecular flexibility index (Phi) is 11.2. The summed E-state index contributed by atoms with van der Waals surface area (Å²) in [6, 6.07) is 0. The number of rotatable bonds is 5. The Morgan fingerprint density at radius 1 is 0.515 bits per heavy atom. The van der Waals surface area contributed by atoms with Gasteiger partial charge in [-0.3, -0.25) is 0 Å². The van der Waals surface area contributed by atoms with Crippen molar-refractivity contribution in [1.82, 2.24) is 0 Å². The third-order valence-corrected chi connectivity index (χ3v) is 11.3. The molecule has 0 amide bonds. The van der Waals surface area contributed by atoms with Gasteiger partial charge in [0.15, 0.2) is 0 Å². The number of hydrogen-bond acceptors (Lipinski definition) is 0. The van der Waals surface area contributed by atoms with E-state index in [1.807, 2.05) is 0 Å². The van der Waals surface area contributed by atoms with Crippen LogP contribution in [0.1, 0.15) is 151 Å². The highest BCUT2D eigenvalue weighted by Crippen LogP contribution is 2.48. The summed E-state index contributed by atoms with van der Waals surface area (Å²) >= 11 is 0. The van der Waals surface area contributed by atoms with Gasteiger partial charge in [-0.15, -0.1) is 0 Å². The van der Waals surface area contributed by atoms with Crippen LogP contribution in [0.5, 0.6) is 0 Å². The van der Waals surface area contributed by atoms with Gasteiger partial charge >= 0.3 is 0 Å². The van der Waals surface area contributed by atoms with E-state index in [4.69, 9.17) is 0 Å². The fourth-order valence-corrected chi connectivity index (χ4v) is 8.46. The van der Waals surface area contributed by atoms with Crippen LogP contribution < -0.4 is 0 Å². The summed E-state index contributed by atoms with van der Waals surface area (Å²) in [7, 11) is 0. The highest BCUT2D eigenvalue weighted by atomic mass is 14.4. The molecule has 0 heteroatoms. The molecule has 0 heterocycles. The van der Waals surface area contributed by atoms with Crippen LogP contribution in [0.2, 0.25) is 0 Å². The standard InChI is InChI=1S/C33H61/c1-25(2)27-13-7-17-29(18-8-14-27)30-19-11-23-32(24-12-20-30)33(5,6)31-21-9-15-28(26(3)4)16-10-22-31/h9,25-32H,7-8,10-24H2,1-6H3. The summed E-state index contributed by atoms with van der Waals surface area (Å²) in [4.78, 5) is 0. The quantitative estimate of drug-likeness (QED) is 0.385. The van der Waals surface area contributed by atoms with Crippen molar-refractivity contribution < 1.29 is 0 Å². The molecule has 3 aliphatic rings. The van der Waals surface area contributed by atoms with Gasteiger partial charge in [0.25, 0.3) is 0 Å². The van der Waals surface area contributed by atoms with Crippen LogP contribution in [0.3, 0.4) is 0 Å². The zero-order chi connectivity index (χ0) is 23.8. The van der Waals surface area contributed by atoms with E-state index >= 15 is 0 Å². The summed E-state index contributed by atoms with van der Waals surface area (Å²) in [5.74, 6) is 7.69. The lowest BCUT2D eigenvalue weighted by Gasteiger charge is -2.44. The average molecular weight is 458 g/mol. The molecule has 2 unspecified atom stereocenters. The Balaban J connectivity index is 1.48. The predicted molar refractivity (Wildman–Crippen MR) is 147 cm³/mol. The topological polar surface area (TPSA) is 0 Å². The molecular weight excluding hydrogens is 396 g/mol. The first-order valence-corrected chi connectivity index (χ1v) is 15.6. The second-order valence-corrected chi connectivity index (χ2v) is 14.2. The Hall–Kier alpha value is 0. The summed E-state index contributed by atoms with van der Waals surface area (Å²) < 4.78 is 0. The van der Waals surface area contributed by atoms with Crippen molar-refractivity contribution in [3.63, 3.8) is 0 Å². The molecule has 3 rings (SSSR count). The molecule has 0 nitrogen and oxygen atoms in total. The summed E-state index contributed by atoms with van der Waals surface area (Å²) in [6.45, 7) is 15.1. The monoisotopic (exact) mass is 457 g/mol. The van der Waals surface area contributed by atoms with E-state index in [-0.39, 0.29) is 0 Å². The van der Waals surface area contributed by atoms with Crippen molar-refractivity contribution in [2.75, 3.05) is 0 Å². The summed E-state index contributed by atoms with van der Waals surface area (Å²) in [5, 5.41) is 0. The van der Waals surface area contributed by atoms with Crippen molar-refractivity contribution in [1.29, 1.82) is 0 Å². The Bertz CT molecular complexity index is 498. The molecule has 0 aromatic heterocycles. The molecule has 1 radical (unpaired) electrons. The zero-order valence-corrected chi connectivity index (χ0v) is 23.7. The largest absolute Gasteiger partial charge is 0.0625 e. The lowest BCUT2D eigenvalue weighted by Crippen LogP contribution is -2.35. The van der Waals surface area contributed by atoms with E-state index in [1.54, 1.807) is 0 Å². The second-order valence-electron chi connectivity index (χ2n) is 14.2. The first-order valence-electron chi connectivity index (χ1n) is 15.6. The minimum Gasteiger partial charge on any atom is -0.0625 e. The molecule has 3 aliphatic carbocycles. The van der Waals surface area contributed by atoms with E-state index in [0.717, 1.165) is 47.3 Å². The molecule has 0 N–H and O–H groups in total. The third kappa shape index (κ3) is 8.00. The molecule has 3 fully saturated rings. The van der Waals surface area contributed by atoms with Gasteiger partial charge in [-0.05, 0) is 91.3 Å². The first kappa shape index (κ1) is 27.6. The maximum Gasteiger partial charge on any atom is -0.0297 e. The van der Waals surface area contributed by atoms with E-state index in [2.05, 4.69) is 48.0 Å². The van der Waals surface area contributed by atoms with Crippen LogP contribution in [0.4, 0.5) is 0 Å². The highest BCUT2D eigenvalue weighted by molar-refractivity contribution is 4.91. The van der Waals surface area contributed by atoms with E-state index in [0.29, 0.717) is 5.41 Å². The van der Waals surface area contributed by atoms with Crippen LogP contribution in [-0.2, 0) is 0 Å². The maximum absolute atomic E-state index is 2.70. The molecule has 0 spiro atoms. The van der Waals surface area contributed by atoms with Crippen molar-refractivity contribution in [3.05, 3.63) is 6.42 Å². The SMILES string of the molecule is CC(C)C1C[CH]CC(C(C)(C)C2CCCC(C3CCCC(C(C)C)CCC3)CCC2)CCC1. The molecule has 193 valence electrons. The van der Waals surface area contributed by atoms with Gasteiger partial charge in [0.05, 0.1) is 0 Å². The van der Waals surface area contributed by atoms with Gasteiger partial charge in [-0.1, -0.05) is 119 Å². The smallest absolute Gasteiger partial charge is 0.0297 e. The van der Waals surface area contributed by atoms with Crippen LogP contribution >= 0.6 is 0 Å². The molecule has 0 bridgehead atoms. The second kappa shape index (κ2) is 13.3. The van der Waals surface area contributed by atoms with E-state index in [9.17, 15) is 0 Å². The van der Waals surface area contributed by atoms with Gasteiger partial charge in [0.2, 0.25) is 0 Å². The number of hydrogen-bond donors (Lipinski definition) is 0. The molecule has 2 atom stereocenters. The lowest BCUT2D eigenvalue weighted by atomic mass is 9.61. The van der Waals surface area contributed by atoms with Gasteiger partial charge in [0, 0.05) is 0 Å². The van der Waals surface area contributed by atoms with Crippen molar-refractivity contribution in [2.45, 2.75) is 151 Å². The lowest BCUT2D eigenvalue weighted by molar-refractivity contribution is 0.0673. The molecule has 0 aromatic carbocycles. The summed E-state index contributed by atoms with van der Waals surface area (Å²) in [5.41, 5.74) is 0.528. The van der Waals surface area contributed by atoms with E-state index in [1.165, 1.54) is 109 Å². The Morgan fingerprint density at radius 2 is 0.939 bits per heavy atom. The third-order valence-electron chi connectivity index (χ3n) is 11.3. The van der Waals surface area contributed by atoms with Crippen molar-refractivity contribution >= 4 is 0 Å². The normalized spacial score (nSPS) is 36.4. The fourth-order valence-electron chi connectivity index (χ4n) is 8.46. The molecule has 0 saturated heterocycles. The fraction of sp³-hybridized carbons (Fsp3) is 0.970. The average Bonchev–Trinajstić information content (AvgIpc) is 2.67. The molecular formula is C33H61. The van der Waals surface area contributed by atoms with Crippen molar-refractivity contribution in [3.8, 4) is 0 Å². The molecule has 33 heavy (non-hydrogen) atoms. The minimum atomic E-state index is 0.528. The van der Waals surface area contributed by atoms with Gasteiger partial charge in [0.1, 0.15) is 0 Å².